The van der Waals surface area contributed by atoms with Crippen molar-refractivity contribution in [2.45, 2.75) is 83.3 Å². The maximum atomic E-state index is 14.9. The summed E-state index contributed by atoms with van der Waals surface area (Å²) in [6.45, 7) is 7.79. The lowest BCUT2D eigenvalue weighted by atomic mass is 9.75. The molecule has 1 N–H and O–H groups in total. The van der Waals surface area contributed by atoms with E-state index in [9.17, 15) is 14.7 Å². The number of aliphatic hydroxyl groups is 1. The Morgan fingerprint density at radius 2 is 1.69 bits per heavy atom. The molecule has 2 aromatic carbocycles. The van der Waals surface area contributed by atoms with Crippen LogP contribution >= 0.6 is 0 Å². The number of pyridine rings is 1. The second-order valence-electron chi connectivity index (χ2n) is 14.4. The number of hydrogen-bond donors (Lipinski definition) is 1. The highest BCUT2D eigenvalue weighted by Crippen LogP contribution is 2.42. The standard InChI is InChI=1S/C40H53N3O8/c1-39(2,3)51-38(45)42-18-16-40(46,32-15-17-41-36(25-32)50-28-29-10-7-6-8-11-29)35(27-42)37(44)43(33-13-14-33)26-31-22-30(12-9-19-47-4)23-34(24-31)49-21-20-48-5/h6-8,10-11,15,17,22-25,33,35,46H,9,12-14,16,18-21,26-28H2,1-5H3. The van der Waals surface area contributed by atoms with Crippen LogP contribution in [0.3, 0.4) is 0 Å². The third kappa shape index (κ3) is 10.7. The van der Waals surface area contributed by atoms with Gasteiger partial charge in [-0.15, -0.1) is 0 Å². The maximum Gasteiger partial charge on any atom is 0.410 e. The molecule has 0 radical (unpaired) electrons. The van der Waals surface area contributed by atoms with E-state index in [-0.39, 0.29) is 31.5 Å². The Hall–Kier alpha value is -4.19. The minimum absolute atomic E-state index is 0.00156. The molecule has 2 fully saturated rings. The molecule has 1 aliphatic carbocycles. The number of rotatable bonds is 16. The maximum absolute atomic E-state index is 14.9. The van der Waals surface area contributed by atoms with Crippen LogP contribution in [0.25, 0.3) is 0 Å². The third-order valence-electron chi connectivity index (χ3n) is 9.18. The second-order valence-corrected chi connectivity index (χ2v) is 14.4. The number of aryl methyl sites for hydroxylation is 1. The van der Waals surface area contributed by atoms with E-state index in [4.69, 9.17) is 23.7 Å². The Bertz CT molecular complexity index is 1560. The van der Waals surface area contributed by atoms with Crippen LogP contribution < -0.4 is 9.47 Å². The van der Waals surface area contributed by atoms with Gasteiger partial charge >= 0.3 is 6.09 Å². The van der Waals surface area contributed by atoms with Gasteiger partial charge in [-0.3, -0.25) is 4.79 Å². The van der Waals surface area contributed by atoms with Crippen molar-refractivity contribution in [2.24, 2.45) is 5.92 Å². The van der Waals surface area contributed by atoms with Gasteiger partial charge in [0.15, 0.2) is 0 Å². The molecule has 2 unspecified atom stereocenters. The number of hydrogen-bond acceptors (Lipinski definition) is 9. The largest absolute Gasteiger partial charge is 0.491 e. The number of ether oxygens (including phenoxy) is 5. The van der Waals surface area contributed by atoms with Crippen LogP contribution in [0, 0.1) is 5.92 Å². The smallest absolute Gasteiger partial charge is 0.410 e. The molecule has 1 aromatic heterocycles. The normalized spacial score (nSPS) is 19.0. The van der Waals surface area contributed by atoms with Crippen molar-refractivity contribution >= 4 is 12.0 Å². The average molecular weight is 704 g/mol. The zero-order chi connectivity index (χ0) is 36.4. The van der Waals surface area contributed by atoms with E-state index in [1.165, 1.54) is 0 Å². The van der Waals surface area contributed by atoms with E-state index in [2.05, 4.69) is 11.1 Å². The quantitative estimate of drug-likeness (QED) is 0.182. The van der Waals surface area contributed by atoms with E-state index in [1.807, 2.05) is 68.1 Å². The molecule has 2 atom stereocenters. The summed E-state index contributed by atoms with van der Waals surface area (Å²) in [6, 6.07) is 19.3. The van der Waals surface area contributed by atoms with Crippen LogP contribution in [0.1, 0.15) is 68.7 Å². The van der Waals surface area contributed by atoms with Crippen LogP contribution in [0.5, 0.6) is 11.6 Å². The molecule has 51 heavy (non-hydrogen) atoms. The minimum atomic E-state index is -1.59. The van der Waals surface area contributed by atoms with Crippen LogP contribution in [0.15, 0.2) is 66.9 Å². The molecule has 2 aliphatic rings. The predicted octanol–water partition coefficient (Wildman–Crippen LogP) is 5.90. The van der Waals surface area contributed by atoms with Gasteiger partial charge in [0, 0.05) is 58.8 Å². The first-order valence-electron chi connectivity index (χ1n) is 17.9. The van der Waals surface area contributed by atoms with Crippen molar-refractivity contribution in [3.05, 3.63) is 89.1 Å². The summed E-state index contributed by atoms with van der Waals surface area (Å²) in [5.41, 5.74) is 1.22. The molecule has 11 nitrogen and oxygen atoms in total. The van der Waals surface area contributed by atoms with Gasteiger partial charge in [-0.1, -0.05) is 36.4 Å². The van der Waals surface area contributed by atoms with E-state index >= 15 is 0 Å². The molecule has 2 amide bonds. The van der Waals surface area contributed by atoms with Crippen molar-refractivity contribution < 1.29 is 38.4 Å². The molecule has 11 heteroatoms. The van der Waals surface area contributed by atoms with Gasteiger partial charge in [0.2, 0.25) is 11.8 Å². The third-order valence-corrected chi connectivity index (χ3v) is 9.18. The van der Waals surface area contributed by atoms with E-state index < -0.39 is 23.2 Å². The van der Waals surface area contributed by atoms with Gasteiger partial charge in [-0.25, -0.2) is 9.78 Å². The summed E-state index contributed by atoms with van der Waals surface area (Å²) in [7, 11) is 3.33. The van der Waals surface area contributed by atoms with Gasteiger partial charge < -0.3 is 38.6 Å². The fraction of sp³-hybridized carbons (Fsp3) is 0.525. The summed E-state index contributed by atoms with van der Waals surface area (Å²) in [5.74, 6) is -0.129. The molecule has 1 saturated heterocycles. The molecule has 1 aliphatic heterocycles. The number of likely N-dealkylation sites (tertiary alicyclic amines) is 1. The molecule has 2 heterocycles. The van der Waals surface area contributed by atoms with Crippen LogP contribution in [0.4, 0.5) is 4.79 Å². The highest BCUT2D eigenvalue weighted by molar-refractivity contribution is 5.82. The predicted molar refractivity (Wildman–Crippen MR) is 192 cm³/mol. The Morgan fingerprint density at radius 3 is 2.39 bits per heavy atom. The van der Waals surface area contributed by atoms with Crippen LogP contribution in [-0.4, -0.2) is 90.7 Å². The minimum Gasteiger partial charge on any atom is -0.491 e. The SMILES string of the molecule is COCCCc1cc(CN(C(=O)C2CN(C(=O)OC(C)(C)C)CCC2(O)c2ccnc(OCc3ccccc3)c2)C2CC2)cc(OCCOC)c1. The molecule has 276 valence electrons. The topological polar surface area (TPSA) is 120 Å². The fourth-order valence-corrected chi connectivity index (χ4v) is 6.43. The number of carbonyl (C=O) groups is 2. The summed E-state index contributed by atoms with van der Waals surface area (Å²) in [5, 5.41) is 12.6. The van der Waals surface area contributed by atoms with E-state index in [0.29, 0.717) is 50.2 Å². The first-order valence-corrected chi connectivity index (χ1v) is 17.9. The van der Waals surface area contributed by atoms with Crippen molar-refractivity contribution in [1.82, 2.24) is 14.8 Å². The molecule has 3 aromatic rings. The van der Waals surface area contributed by atoms with Crippen molar-refractivity contribution in [2.75, 3.05) is 47.1 Å². The van der Waals surface area contributed by atoms with Gasteiger partial charge in [-0.2, -0.15) is 0 Å². The van der Waals surface area contributed by atoms with E-state index in [0.717, 1.165) is 42.4 Å². The lowest BCUT2D eigenvalue weighted by Gasteiger charge is -2.45. The van der Waals surface area contributed by atoms with Gasteiger partial charge in [0.25, 0.3) is 0 Å². The van der Waals surface area contributed by atoms with Crippen molar-refractivity contribution in [3.63, 3.8) is 0 Å². The Balaban J connectivity index is 1.44. The molecular weight excluding hydrogens is 650 g/mol. The van der Waals surface area contributed by atoms with Gasteiger partial charge in [-0.05, 0) is 93.3 Å². The monoisotopic (exact) mass is 703 g/mol. The summed E-state index contributed by atoms with van der Waals surface area (Å²) >= 11 is 0. The van der Waals surface area contributed by atoms with Crippen molar-refractivity contribution in [1.29, 1.82) is 0 Å². The number of aromatic nitrogens is 1. The summed E-state index contributed by atoms with van der Waals surface area (Å²) in [6.07, 6.45) is 4.59. The van der Waals surface area contributed by atoms with Crippen LogP contribution in [0.2, 0.25) is 0 Å². The zero-order valence-corrected chi connectivity index (χ0v) is 30.6. The number of carbonyl (C=O) groups excluding carboxylic acids is 2. The lowest BCUT2D eigenvalue weighted by molar-refractivity contribution is -0.155. The average Bonchev–Trinajstić information content (AvgIpc) is 3.95. The fourth-order valence-electron chi connectivity index (χ4n) is 6.43. The molecular formula is C40H53N3O8. The Morgan fingerprint density at radius 1 is 0.941 bits per heavy atom. The van der Waals surface area contributed by atoms with E-state index in [1.54, 1.807) is 37.4 Å². The van der Waals surface area contributed by atoms with Gasteiger partial charge in [0.05, 0.1) is 12.5 Å². The Labute approximate surface area is 301 Å². The Kier molecular flexibility index (Phi) is 12.9. The highest BCUT2D eigenvalue weighted by atomic mass is 16.6. The van der Waals surface area contributed by atoms with Crippen LogP contribution in [-0.2, 0) is 44.2 Å². The number of benzene rings is 2. The lowest BCUT2D eigenvalue weighted by Crippen LogP contribution is -2.58. The molecule has 0 spiro atoms. The summed E-state index contributed by atoms with van der Waals surface area (Å²) in [4.78, 5) is 36.0. The molecule has 1 saturated carbocycles. The number of amides is 2. The molecule has 5 rings (SSSR count). The summed E-state index contributed by atoms with van der Waals surface area (Å²) < 4.78 is 28.2. The van der Waals surface area contributed by atoms with Crippen molar-refractivity contribution in [3.8, 4) is 11.6 Å². The first-order chi connectivity index (χ1) is 24.5. The zero-order valence-electron chi connectivity index (χ0n) is 30.6. The number of piperidine rings is 1. The highest BCUT2D eigenvalue weighted by Gasteiger charge is 2.51. The number of methoxy groups -OCH3 is 2. The first kappa shape index (κ1) is 38.1. The number of nitrogens with zero attached hydrogens (tertiary/aromatic N) is 3. The molecule has 0 bridgehead atoms. The van der Waals surface area contributed by atoms with Gasteiger partial charge in [0.1, 0.15) is 30.2 Å². The second kappa shape index (κ2) is 17.4.